The predicted molar refractivity (Wildman–Crippen MR) is 68.5 cm³/mol. The number of nitrogens with zero attached hydrogens (tertiary/aromatic N) is 1. The third kappa shape index (κ3) is 5.03. The van der Waals surface area contributed by atoms with Crippen LogP contribution in [0.3, 0.4) is 0 Å². The molecule has 0 saturated carbocycles. The fourth-order valence-corrected chi connectivity index (χ4v) is 1.38. The zero-order valence-electron chi connectivity index (χ0n) is 10.8. The lowest BCUT2D eigenvalue weighted by Crippen LogP contribution is -2.39. The third-order valence-electron chi connectivity index (χ3n) is 2.36. The zero-order chi connectivity index (χ0) is 16.0. The number of benzene rings is 1. The van der Waals surface area contributed by atoms with Crippen LogP contribution in [-0.2, 0) is 9.53 Å². The maximum atomic E-state index is 13.1. The van der Waals surface area contributed by atoms with Crippen molar-refractivity contribution in [2.75, 3.05) is 19.0 Å². The Morgan fingerprint density at radius 1 is 1.48 bits per heavy atom. The molecule has 0 aromatic heterocycles. The fourth-order valence-electron chi connectivity index (χ4n) is 1.38. The molecule has 0 aliphatic carbocycles. The van der Waals surface area contributed by atoms with Gasteiger partial charge in [-0.2, -0.15) is 0 Å². The van der Waals surface area contributed by atoms with Gasteiger partial charge < -0.3 is 20.5 Å². The second kappa shape index (κ2) is 7.14. The maximum Gasteiger partial charge on any atom is 0.334 e. The van der Waals surface area contributed by atoms with Gasteiger partial charge in [0, 0.05) is 13.2 Å². The number of carboxylic acids is 1. The maximum absolute atomic E-state index is 13.1. The number of non-ortho nitro benzene ring substituents is 1. The molecule has 0 bridgehead atoms. The van der Waals surface area contributed by atoms with E-state index in [0.717, 1.165) is 19.2 Å². The Morgan fingerprint density at radius 2 is 2.14 bits per heavy atom. The van der Waals surface area contributed by atoms with Crippen molar-refractivity contribution in [2.45, 2.75) is 6.10 Å². The monoisotopic (exact) mass is 301 g/mol. The van der Waals surface area contributed by atoms with Crippen molar-refractivity contribution in [3.8, 4) is 0 Å². The smallest absolute Gasteiger partial charge is 0.334 e. The van der Waals surface area contributed by atoms with Gasteiger partial charge in [-0.3, -0.25) is 10.1 Å². The Bertz CT molecular complexity index is 565. The van der Waals surface area contributed by atoms with E-state index in [1.54, 1.807) is 0 Å². The Balaban J connectivity index is 2.67. The van der Waals surface area contributed by atoms with E-state index in [-0.39, 0.29) is 12.2 Å². The van der Waals surface area contributed by atoms with Gasteiger partial charge in [0.05, 0.1) is 23.2 Å². The minimum atomic E-state index is -1.26. The van der Waals surface area contributed by atoms with Crippen LogP contribution in [0.15, 0.2) is 18.2 Å². The molecule has 10 heteroatoms. The number of carbonyl (C=O) groups excluding carboxylic acids is 1. The molecule has 21 heavy (non-hydrogen) atoms. The lowest BCUT2D eigenvalue weighted by atomic mass is 10.2. The highest BCUT2D eigenvalue weighted by atomic mass is 19.1. The Hall–Kier alpha value is -2.75. The fraction of sp³-hybridized carbons (Fsp3) is 0.273. The van der Waals surface area contributed by atoms with Crippen molar-refractivity contribution >= 4 is 23.4 Å². The number of carbonyl (C=O) groups is 2. The number of anilines is 1. The van der Waals surface area contributed by atoms with Crippen molar-refractivity contribution in [3.05, 3.63) is 34.1 Å². The number of hydrogen-bond acceptors (Lipinski definition) is 5. The van der Waals surface area contributed by atoms with Crippen molar-refractivity contribution < 1.29 is 28.7 Å². The standard InChI is InChI=1S/C11H12FN3O6/c1-21-9(10(16)17)5-13-11(18)14-7-2-6(12)3-8(4-7)15(19)20/h2-4,9H,5H2,1H3,(H,16,17)(H2,13,14,18). The van der Waals surface area contributed by atoms with E-state index in [4.69, 9.17) is 5.11 Å². The topological polar surface area (TPSA) is 131 Å². The normalized spacial score (nSPS) is 11.5. The molecule has 2 amide bonds. The number of methoxy groups -OCH3 is 1. The summed E-state index contributed by atoms with van der Waals surface area (Å²) in [5, 5.41) is 23.6. The van der Waals surface area contributed by atoms with E-state index in [2.05, 4.69) is 15.4 Å². The second-order valence-corrected chi connectivity index (χ2v) is 3.85. The summed E-state index contributed by atoms with van der Waals surface area (Å²) in [7, 11) is 1.16. The Kier molecular flexibility index (Phi) is 5.55. The number of hydrogen-bond donors (Lipinski definition) is 3. The second-order valence-electron chi connectivity index (χ2n) is 3.85. The molecule has 1 aromatic rings. The molecule has 3 N–H and O–H groups in total. The molecule has 0 radical (unpaired) electrons. The van der Waals surface area contributed by atoms with Crippen LogP contribution in [0.1, 0.15) is 0 Å². The summed E-state index contributed by atoms with van der Waals surface area (Å²) < 4.78 is 17.7. The molecular weight excluding hydrogens is 289 g/mol. The van der Waals surface area contributed by atoms with Crippen LogP contribution in [0.4, 0.5) is 20.6 Å². The van der Waals surface area contributed by atoms with Gasteiger partial charge in [0.25, 0.3) is 5.69 Å². The van der Waals surface area contributed by atoms with Crippen molar-refractivity contribution in [1.29, 1.82) is 0 Å². The van der Waals surface area contributed by atoms with Crippen LogP contribution in [0.2, 0.25) is 0 Å². The van der Waals surface area contributed by atoms with Gasteiger partial charge >= 0.3 is 12.0 Å². The number of ether oxygens (including phenoxy) is 1. The number of aliphatic carboxylic acids is 1. The summed E-state index contributed by atoms with van der Waals surface area (Å²) in [6.07, 6.45) is -1.24. The van der Waals surface area contributed by atoms with Crippen LogP contribution in [-0.4, -0.2) is 41.8 Å². The van der Waals surface area contributed by atoms with Gasteiger partial charge in [-0.1, -0.05) is 0 Å². The molecule has 1 unspecified atom stereocenters. The highest BCUT2D eigenvalue weighted by molar-refractivity contribution is 5.90. The molecule has 114 valence electrons. The van der Waals surface area contributed by atoms with Crippen LogP contribution < -0.4 is 10.6 Å². The van der Waals surface area contributed by atoms with E-state index in [1.165, 1.54) is 0 Å². The number of rotatable bonds is 6. The Morgan fingerprint density at radius 3 is 2.67 bits per heavy atom. The highest BCUT2D eigenvalue weighted by Gasteiger charge is 2.17. The van der Waals surface area contributed by atoms with Crippen LogP contribution >= 0.6 is 0 Å². The summed E-state index contributed by atoms with van der Waals surface area (Å²) in [6, 6.07) is 1.71. The summed E-state index contributed by atoms with van der Waals surface area (Å²) in [5.41, 5.74) is -0.658. The van der Waals surface area contributed by atoms with Gasteiger partial charge in [-0.15, -0.1) is 0 Å². The first-order valence-electron chi connectivity index (χ1n) is 5.59. The Labute approximate surface area is 117 Å². The average Bonchev–Trinajstić information content (AvgIpc) is 2.38. The van der Waals surface area contributed by atoms with Gasteiger partial charge in [-0.25, -0.2) is 14.0 Å². The van der Waals surface area contributed by atoms with Crippen LogP contribution in [0.5, 0.6) is 0 Å². The molecule has 0 heterocycles. The van der Waals surface area contributed by atoms with Gasteiger partial charge in [0.1, 0.15) is 5.82 Å². The summed E-state index contributed by atoms with van der Waals surface area (Å²) in [5.74, 6) is -2.15. The average molecular weight is 301 g/mol. The number of halogens is 1. The minimum Gasteiger partial charge on any atom is -0.479 e. The molecule has 0 aliphatic heterocycles. The van der Waals surface area contributed by atoms with Gasteiger partial charge in [0.15, 0.2) is 6.10 Å². The zero-order valence-corrected chi connectivity index (χ0v) is 10.8. The summed E-state index contributed by atoms with van der Waals surface area (Å²) >= 11 is 0. The summed E-state index contributed by atoms with van der Waals surface area (Å²) in [6.45, 7) is -0.324. The number of nitro groups is 1. The first kappa shape index (κ1) is 16.3. The van der Waals surface area contributed by atoms with E-state index in [9.17, 15) is 24.1 Å². The van der Waals surface area contributed by atoms with Crippen molar-refractivity contribution in [2.24, 2.45) is 0 Å². The van der Waals surface area contributed by atoms with Crippen LogP contribution in [0, 0.1) is 15.9 Å². The van der Waals surface area contributed by atoms with E-state index in [1.807, 2.05) is 0 Å². The molecule has 1 atom stereocenters. The molecule has 9 nitrogen and oxygen atoms in total. The molecule has 0 spiro atoms. The molecular formula is C11H12FN3O6. The molecule has 1 aromatic carbocycles. The first-order valence-corrected chi connectivity index (χ1v) is 5.59. The molecule has 0 fully saturated rings. The lowest BCUT2D eigenvalue weighted by molar-refractivity contribution is -0.385. The van der Waals surface area contributed by atoms with E-state index < -0.39 is 34.5 Å². The van der Waals surface area contributed by atoms with Crippen molar-refractivity contribution in [1.82, 2.24) is 5.32 Å². The SMILES string of the molecule is COC(CNC(=O)Nc1cc(F)cc([N+](=O)[O-])c1)C(=O)O. The number of amides is 2. The molecule has 1 rings (SSSR count). The number of carboxylic acid groups (broad SMARTS) is 1. The van der Waals surface area contributed by atoms with Gasteiger partial charge in [-0.05, 0) is 6.07 Å². The van der Waals surface area contributed by atoms with E-state index in [0.29, 0.717) is 6.07 Å². The predicted octanol–water partition coefficient (Wildman–Crippen LogP) is 0.955. The number of urea groups is 1. The lowest BCUT2D eigenvalue weighted by Gasteiger charge is -2.12. The largest absolute Gasteiger partial charge is 0.479 e. The minimum absolute atomic E-state index is 0.136. The summed E-state index contributed by atoms with van der Waals surface area (Å²) in [4.78, 5) is 31.9. The quantitative estimate of drug-likeness (QED) is 0.529. The first-order chi connectivity index (χ1) is 9.83. The third-order valence-corrected chi connectivity index (χ3v) is 2.36. The van der Waals surface area contributed by atoms with Crippen LogP contribution in [0.25, 0.3) is 0 Å². The highest BCUT2D eigenvalue weighted by Crippen LogP contribution is 2.19. The van der Waals surface area contributed by atoms with E-state index >= 15 is 0 Å². The number of nitro benzene ring substituents is 1. The number of nitrogens with one attached hydrogen (secondary N) is 2. The van der Waals surface area contributed by atoms with Gasteiger partial charge in [0.2, 0.25) is 0 Å². The molecule has 0 aliphatic rings. The molecule has 0 saturated heterocycles. The van der Waals surface area contributed by atoms with Crippen molar-refractivity contribution in [3.63, 3.8) is 0 Å².